The summed E-state index contributed by atoms with van der Waals surface area (Å²) in [6.45, 7) is 0. The molecular weight excluding hydrogens is 348 g/mol. The van der Waals surface area contributed by atoms with Crippen molar-refractivity contribution in [3.05, 3.63) is 63.4 Å². The maximum atomic E-state index is 12.0. The zero-order valence-electron chi connectivity index (χ0n) is 10.9. The second-order valence-corrected chi connectivity index (χ2v) is 6.23. The predicted octanol–water partition coefficient (Wildman–Crippen LogP) is 4.71. The van der Waals surface area contributed by atoms with Crippen LogP contribution in [-0.2, 0) is 4.79 Å². The normalized spacial score (nSPS) is 11.1. The van der Waals surface area contributed by atoms with Crippen LogP contribution in [0.1, 0.15) is 4.88 Å². The van der Waals surface area contributed by atoms with Gasteiger partial charge in [-0.1, -0.05) is 18.2 Å². The fraction of sp³-hybridized carbons (Fsp3) is 0. The third-order valence-corrected chi connectivity index (χ3v) is 4.54. The van der Waals surface area contributed by atoms with E-state index in [9.17, 15) is 4.79 Å². The van der Waals surface area contributed by atoms with E-state index in [4.69, 9.17) is 0 Å². The van der Waals surface area contributed by atoms with Crippen molar-refractivity contribution in [3.8, 4) is 0 Å². The van der Waals surface area contributed by atoms with Crippen molar-refractivity contribution in [2.24, 2.45) is 0 Å². The van der Waals surface area contributed by atoms with Crippen LogP contribution in [-0.4, -0.2) is 10.9 Å². The van der Waals surface area contributed by atoms with Gasteiger partial charge in [0.05, 0.1) is 11.2 Å². The van der Waals surface area contributed by atoms with Crippen LogP contribution in [0.25, 0.3) is 17.0 Å². The number of hydrogen-bond donors (Lipinski definition) is 1. The van der Waals surface area contributed by atoms with E-state index in [1.807, 2.05) is 41.8 Å². The van der Waals surface area contributed by atoms with E-state index in [0.717, 1.165) is 25.9 Å². The fourth-order valence-electron chi connectivity index (χ4n) is 1.95. The molecule has 0 aliphatic rings. The van der Waals surface area contributed by atoms with E-state index >= 15 is 0 Å². The molecule has 0 aliphatic heterocycles. The molecule has 0 atom stereocenters. The van der Waals surface area contributed by atoms with Gasteiger partial charge < -0.3 is 5.32 Å². The number of amides is 1. The minimum Gasteiger partial charge on any atom is -0.321 e. The van der Waals surface area contributed by atoms with Crippen LogP contribution in [0.2, 0.25) is 0 Å². The summed E-state index contributed by atoms with van der Waals surface area (Å²) >= 11 is 4.96. The molecule has 0 saturated carbocycles. The molecule has 0 radical (unpaired) electrons. The topological polar surface area (TPSA) is 42.0 Å². The van der Waals surface area contributed by atoms with Gasteiger partial charge in [-0.15, -0.1) is 11.3 Å². The van der Waals surface area contributed by atoms with Gasteiger partial charge in [-0.3, -0.25) is 9.78 Å². The Kier molecular flexibility index (Phi) is 4.13. The SMILES string of the molecule is O=C(/C=C/c1cc(Br)cs1)Nc1cccc2cccnc12. The minimum atomic E-state index is -0.169. The van der Waals surface area contributed by atoms with Crippen molar-refractivity contribution < 1.29 is 4.79 Å². The average Bonchev–Trinajstić information content (AvgIpc) is 2.91. The van der Waals surface area contributed by atoms with Crippen molar-refractivity contribution in [2.75, 3.05) is 5.32 Å². The van der Waals surface area contributed by atoms with Crippen LogP contribution in [0.5, 0.6) is 0 Å². The molecular formula is C16H11BrN2OS. The summed E-state index contributed by atoms with van der Waals surface area (Å²) < 4.78 is 1.02. The number of benzene rings is 1. The predicted molar refractivity (Wildman–Crippen MR) is 91.4 cm³/mol. The van der Waals surface area contributed by atoms with Gasteiger partial charge >= 0.3 is 0 Å². The van der Waals surface area contributed by atoms with Gasteiger partial charge in [0.1, 0.15) is 0 Å². The van der Waals surface area contributed by atoms with E-state index in [0.29, 0.717) is 0 Å². The summed E-state index contributed by atoms with van der Waals surface area (Å²) in [5, 5.41) is 5.85. The van der Waals surface area contributed by atoms with E-state index in [2.05, 4.69) is 26.2 Å². The summed E-state index contributed by atoms with van der Waals surface area (Å²) in [6.07, 6.45) is 5.04. The molecule has 0 spiro atoms. The number of hydrogen-bond acceptors (Lipinski definition) is 3. The number of rotatable bonds is 3. The third-order valence-electron chi connectivity index (χ3n) is 2.88. The lowest BCUT2D eigenvalue weighted by molar-refractivity contribution is -0.111. The van der Waals surface area contributed by atoms with Crippen molar-refractivity contribution >= 4 is 55.8 Å². The second kappa shape index (κ2) is 6.20. The summed E-state index contributed by atoms with van der Waals surface area (Å²) in [5.41, 5.74) is 1.51. The Bertz CT molecular complexity index is 821. The summed E-state index contributed by atoms with van der Waals surface area (Å²) in [6, 6.07) is 11.5. The van der Waals surface area contributed by atoms with Crippen molar-refractivity contribution in [3.63, 3.8) is 0 Å². The molecule has 3 nitrogen and oxygen atoms in total. The lowest BCUT2D eigenvalue weighted by Gasteiger charge is -2.05. The number of nitrogens with zero attached hydrogens (tertiary/aromatic N) is 1. The molecule has 3 aromatic rings. The minimum absolute atomic E-state index is 0.169. The van der Waals surface area contributed by atoms with Gasteiger partial charge in [0, 0.05) is 32.4 Å². The molecule has 3 rings (SSSR count). The monoisotopic (exact) mass is 358 g/mol. The number of aromatic nitrogens is 1. The Morgan fingerprint density at radius 2 is 2.14 bits per heavy atom. The highest BCUT2D eigenvalue weighted by atomic mass is 79.9. The van der Waals surface area contributed by atoms with Crippen LogP contribution in [0.4, 0.5) is 5.69 Å². The van der Waals surface area contributed by atoms with E-state index in [-0.39, 0.29) is 5.91 Å². The van der Waals surface area contributed by atoms with E-state index in [1.165, 1.54) is 6.08 Å². The van der Waals surface area contributed by atoms with Crippen LogP contribution in [0.15, 0.2) is 58.5 Å². The Morgan fingerprint density at radius 1 is 1.29 bits per heavy atom. The van der Waals surface area contributed by atoms with Gasteiger partial charge in [-0.25, -0.2) is 0 Å². The van der Waals surface area contributed by atoms with Gasteiger partial charge in [0.25, 0.3) is 0 Å². The molecule has 0 bridgehead atoms. The standard InChI is InChI=1S/C16H11BrN2OS/c17-12-9-13(21-10-12)6-7-15(20)19-14-5-1-3-11-4-2-8-18-16(11)14/h1-10H,(H,19,20)/b7-6+. The fourth-order valence-corrected chi connectivity index (χ4v) is 3.29. The van der Waals surface area contributed by atoms with E-state index < -0.39 is 0 Å². The lowest BCUT2D eigenvalue weighted by Crippen LogP contribution is -2.08. The number of carbonyl (C=O) groups is 1. The van der Waals surface area contributed by atoms with Crippen molar-refractivity contribution in [2.45, 2.75) is 0 Å². The Morgan fingerprint density at radius 3 is 2.95 bits per heavy atom. The second-order valence-electron chi connectivity index (χ2n) is 4.37. The molecule has 0 saturated heterocycles. The number of carbonyl (C=O) groups excluding carboxylic acids is 1. The maximum Gasteiger partial charge on any atom is 0.248 e. The molecule has 5 heteroatoms. The highest BCUT2D eigenvalue weighted by molar-refractivity contribution is 9.10. The molecule has 21 heavy (non-hydrogen) atoms. The smallest absolute Gasteiger partial charge is 0.248 e. The summed E-state index contributed by atoms with van der Waals surface area (Å²) in [7, 11) is 0. The number of nitrogens with one attached hydrogen (secondary N) is 1. The zero-order chi connectivity index (χ0) is 14.7. The van der Waals surface area contributed by atoms with Gasteiger partial charge in [0.15, 0.2) is 0 Å². The quantitative estimate of drug-likeness (QED) is 0.688. The largest absolute Gasteiger partial charge is 0.321 e. The number of halogens is 1. The molecule has 0 fully saturated rings. The molecule has 2 heterocycles. The van der Waals surface area contributed by atoms with Crippen LogP contribution >= 0.6 is 27.3 Å². The maximum absolute atomic E-state index is 12.0. The van der Waals surface area contributed by atoms with Crippen LogP contribution in [0.3, 0.4) is 0 Å². The number of anilines is 1. The van der Waals surface area contributed by atoms with Crippen molar-refractivity contribution in [1.29, 1.82) is 0 Å². The highest BCUT2D eigenvalue weighted by Crippen LogP contribution is 2.22. The Labute approximate surface area is 134 Å². The van der Waals surface area contributed by atoms with Gasteiger partial charge in [-0.2, -0.15) is 0 Å². The first kappa shape index (κ1) is 14.0. The summed E-state index contributed by atoms with van der Waals surface area (Å²) in [5.74, 6) is -0.169. The molecule has 0 unspecified atom stereocenters. The van der Waals surface area contributed by atoms with Gasteiger partial charge in [-0.05, 0) is 40.2 Å². The number of thiophene rings is 1. The highest BCUT2D eigenvalue weighted by Gasteiger charge is 2.04. The number of pyridine rings is 1. The molecule has 1 N–H and O–H groups in total. The van der Waals surface area contributed by atoms with E-state index in [1.54, 1.807) is 23.6 Å². The summed E-state index contributed by atoms with van der Waals surface area (Å²) in [4.78, 5) is 17.3. The molecule has 0 aliphatic carbocycles. The lowest BCUT2D eigenvalue weighted by atomic mass is 10.2. The number of fused-ring (bicyclic) bond motifs is 1. The number of para-hydroxylation sites is 1. The van der Waals surface area contributed by atoms with Crippen molar-refractivity contribution in [1.82, 2.24) is 4.98 Å². The Hall–Kier alpha value is -1.98. The van der Waals surface area contributed by atoms with Gasteiger partial charge in [0.2, 0.25) is 5.91 Å². The van der Waals surface area contributed by atoms with Crippen LogP contribution < -0.4 is 5.32 Å². The average molecular weight is 359 g/mol. The van der Waals surface area contributed by atoms with Crippen LogP contribution in [0, 0.1) is 0 Å². The first-order valence-electron chi connectivity index (χ1n) is 6.29. The Balaban J connectivity index is 1.79. The molecule has 1 amide bonds. The first-order valence-corrected chi connectivity index (χ1v) is 7.96. The molecule has 1 aromatic carbocycles. The zero-order valence-corrected chi connectivity index (χ0v) is 13.3. The first-order chi connectivity index (χ1) is 10.2. The molecule has 2 aromatic heterocycles. The molecule has 104 valence electrons. The third kappa shape index (κ3) is 3.37.